The zero-order chi connectivity index (χ0) is 17.4. The number of alkyl halides is 2. The van der Waals surface area contributed by atoms with Crippen LogP contribution in [0.4, 0.5) is 20.2 Å². The minimum atomic E-state index is -2.62. The van der Waals surface area contributed by atoms with Crippen molar-refractivity contribution < 1.29 is 22.1 Å². The molecule has 0 aromatic heterocycles. The van der Waals surface area contributed by atoms with Gasteiger partial charge >= 0.3 is 0 Å². The van der Waals surface area contributed by atoms with Crippen molar-refractivity contribution in [1.82, 2.24) is 4.90 Å². The lowest BCUT2D eigenvalue weighted by Crippen LogP contribution is -2.30. The monoisotopic (exact) mass is 352 g/mol. The van der Waals surface area contributed by atoms with E-state index in [0.717, 1.165) is 0 Å². The highest BCUT2D eigenvalue weighted by Gasteiger charge is 2.26. The number of nitrogens with two attached hydrogens (primary N) is 1. The van der Waals surface area contributed by atoms with Crippen LogP contribution in [0.5, 0.6) is 0 Å². The lowest BCUT2D eigenvalue weighted by molar-refractivity contribution is -0.384. The summed E-state index contributed by atoms with van der Waals surface area (Å²) in [6, 6.07) is 6.34. The number of likely N-dealkylation sites (tertiary alicyclic amines) is 1. The van der Waals surface area contributed by atoms with Crippen molar-refractivity contribution in [3.05, 3.63) is 34.4 Å². The number of nitro groups is 1. The number of nitrogens with zero attached hydrogens (tertiary/aromatic N) is 2. The molecule has 1 heterocycles. The fraction of sp³-hybridized carbons (Fsp3) is 0.500. The van der Waals surface area contributed by atoms with Crippen LogP contribution in [0.15, 0.2) is 24.3 Å². The van der Waals surface area contributed by atoms with Crippen LogP contribution in [0, 0.1) is 10.1 Å². The molecule has 3 N–H and O–H groups in total. The van der Waals surface area contributed by atoms with Crippen LogP contribution >= 0.6 is 0 Å². The topological polar surface area (TPSA) is 119 Å². The molecule has 1 atom stereocenters. The number of nitrogens with one attached hydrogen (secondary N) is 1. The van der Waals surface area contributed by atoms with Crippen molar-refractivity contribution in [1.29, 1.82) is 0 Å². The summed E-state index contributed by atoms with van der Waals surface area (Å²) in [4.78, 5) is 12.1. The van der Waals surface area contributed by atoms with Crippen LogP contribution in [0.2, 0.25) is 0 Å². The standard InChI is InChI=1S/C12H15F2N3O2.H3NO2S/c13-12(14)8-16-6-5-9(7-16)15-10-3-1-2-4-11(10)17(18)19;1-4(2)3/h1-4,9,12,15H,5-8H2;4H,(H2,1,2,3)/t9-;/m1./s1. The molecule has 1 aromatic rings. The zero-order valence-corrected chi connectivity index (χ0v) is 13.0. The van der Waals surface area contributed by atoms with E-state index >= 15 is 0 Å². The van der Waals surface area contributed by atoms with Crippen molar-refractivity contribution in [2.45, 2.75) is 18.9 Å². The van der Waals surface area contributed by atoms with Gasteiger partial charge in [0.05, 0.1) is 11.5 Å². The zero-order valence-electron chi connectivity index (χ0n) is 12.1. The van der Waals surface area contributed by atoms with Crippen LogP contribution in [0.3, 0.4) is 0 Å². The molecule has 130 valence electrons. The Kier molecular flexibility index (Phi) is 7.78. The lowest BCUT2D eigenvalue weighted by atomic mass is 10.2. The van der Waals surface area contributed by atoms with E-state index in [1.807, 2.05) is 0 Å². The molecule has 0 radical (unpaired) electrons. The molecule has 2 rings (SSSR count). The van der Waals surface area contributed by atoms with Crippen molar-refractivity contribution in [3.63, 3.8) is 0 Å². The van der Waals surface area contributed by atoms with Gasteiger partial charge in [-0.1, -0.05) is 12.1 Å². The summed E-state index contributed by atoms with van der Waals surface area (Å²) in [5.74, 6) is 0. The Bertz CT molecular complexity index is 592. The summed E-state index contributed by atoms with van der Waals surface area (Å²) in [5, 5.41) is 18.0. The Labute approximate surface area is 133 Å². The molecule has 23 heavy (non-hydrogen) atoms. The second-order valence-electron chi connectivity index (χ2n) is 4.84. The van der Waals surface area contributed by atoms with Gasteiger partial charge in [0, 0.05) is 25.2 Å². The first-order chi connectivity index (χ1) is 10.8. The first kappa shape index (κ1) is 19.2. The summed E-state index contributed by atoms with van der Waals surface area (Å²) in [7, 11) is -2.62. The Morgan fingerprint density at radius 1 is 1.43 bits per heavy atom. The molecule has 11 heteroatoms. The molecule has 0 aliphatic carbocycles. The molecule has 0 bridgehead atoms. The largest absolute Gasteiger partial charge is 0.375 e. The van der Waals surface area contributed by atoms with Gasteiger partial charge in [0.2, 0.25) is 0 Å². The Morgan fingerprint density at radius 2 is 2.04 bits per heavy atom. The molecule has 0 spiro atoms. The quantitative estimate of drug-likeness (QED) is 0.410. The Hall–Kier alpha value is -1.85. The summed E-state index contributed by atoms with van der Waals surface area (Å²) in [5.41, 5.74) is 0.450. The normalized spacial score (nSPS) is 17.9. The van der Waals surface area contributed by atoms with E-state index in [0.29, 0.717) is 25.2 Å². The highest BCUT2D eigenvalue weighted by atomic mass is 32.2. The number of hydrogen-bond acceptors (Lipinski definition) is 6. The van der Waals surface area contributed by atoms with Crippen LogP contribution in [0.1, 0.15) is 6.42 Å². The van der Waals surface area contributed by atoms with Gasteiger partial charge in [-0.3, -0.25) is 15.0 Å². The first-order valence-corrected chi connectivity index (χ1v) is 7.93. The molecule has 1 saturated heterocycles. The number of halogens is 2. The number of benzene rings is 1. The van der Waals surface area contributed by atoms with Gasteiger partial charge in [0.1, 0.15) is 5.69 Å². The maximum Gasteiger partial charge on any atom is 0.292 e. The van der Waals surface area contributed by atoms with Gasteiger partial charge in [-0.2, -0.15) is 0 Å². The smallest absolute Gasteiger partial charge is 0.292 e. The molecule has 1 aromatic carbocycles. The van der Waals surface area contributed by atoms with E-state index in [1.54, 1.807) is 23.1 Å². The van der Waals surface area contributed by atoms with E-state index in [4.69, 9.17) is 8.42 Å². The van der Waals surface area contributed by atoms with E-state index in [2.05, 4.69) is 10.5 Å². The van der Waals surface area contributed by atoms with Gasteiger partial charge in [-0.25, -0.2) is 22.3 Å². The molecular formula is C12H18F2N4O4S. The molecule has 0 amide bonds. The number of anilines is 1. The summed E-state index contributed by atoms with van der Waals surface area (Å²) in [6.07, 6.45) is -1.64. The fourth-order valence-electron chi connectivity index (χ4n) is 2.29. The van der Waals surface area contributed by atoms with Crippen LogP contribution in [-0.4, -0.2) is 50.3 Å². The van der Waals surface area contributed by atoms with Crippen LogP contribution in [0.25, 0.3) is 0 Å². The first-order valence-electron chi connectivity index (χ1n) is 6.69. The third-order valence-electron chi connectivity index (χ3n) is 3.13. The molecule has 8 nitrogen and oxygen atoms in total. The van der Waals surface area contributed by atoms with Crippen molar-refractivity contribution >= 4 is 22.3 Å². The number of para-hydroxylation sites is 2. The third-order valence-corrected chi connectivity index (χ3v) is 3.13. The lowest BCUT2D eigenvalue weighted by Gasteiger charge is -2.16. The minimum absolute atomic E-state index is 0.00908. The SMILES string of the molecule is N[SH](=O)=O.O=[N+]([O-])c1ccccc1N[C@@H]1CCN(CC(F)F)C1. The van der Waals surface area contributed by atoms with E-state index in [1.165, 1.54) is 6.07 Å². The van der Waals surface area contributed by atoms with Gasteiger partial charge in [-0.15, -0.1) is 0 Å². The van der Waals surface area contributed by atoms with Gasteiger partial charge < -0.3 is 5.32 Å². The Balaban J connectivity index is 0.000000593. The second kappa shape index (κ2) is 9.33. The van der Waals surface area contributed by atoms with Crippen molar-refractivity contribution in [2.75, 3.05) is 25.0 Å². The average molecular weight is 352 g/mol. The summed E-state index contributed by atoms with van der Waals surface area (Å²) < 4.78 is 42.1. The molecule has 0 saturated carbocycles. The maximum absolute atomic E-state index is 12.3. The number of rotatable bonds is 5. The number of thiol groups is 1. The van der Waals surface area contributed by atoms with Gasteiger partial charge in [0.25, 0.3) is 12.1 Å². The molecular weight excluding hydrogens is 334 g/mol. The van der Waals surface area contributed by atoms with Gasteiger partial charge in [-0.05, 0) is 12.5 Å². The molecule has 1 aliphatic heterocycles. The van der Waals surface area contributed by atoms with Crippen LogP contribution < -0.4 is 10.5 Å². The summed E-state index contributed by atoms with van der Waals surface area (Å²) in [6.45, 7) is 0.827. The number of hydrogen-bond donors (Lipinski definition) is 3. The molecule has 0 unspecified atom stereocenters. The third kappa shape index (κ3) is 7.30. The fourth-order valence-corrected chi connectivity index (χ4v) is 2.29. The number of nitro benzene ring substituents is 1. The van der Waals surface area contributed by atoms with E-state index in [-0.39, 0.29) is 18.3 Å². The predicted octanol–water partition coefficient (Wildman–Crippen LogP) is 0.818. The predicted molar refractivity (Wildman–Crippen MR) is 82.1 cm³/mol. The van der Waals surface area contributed by atoms with Crippen LogP contribution in [-0.2, 0) is 10.9 Å². The van der Waals surface area contributed by atoms with E-state index in [9.17, 15) is 18.9 Å². The highest BCUT2D eigenvalue weighted by molar-refractivity contribution is 7.69. The van der Waals surface area contributed by atoms with Crippen molar-refractivity contribution in [3.8, 4) is 0 Å². The Morgan fingerprint density at radius 3 is 2.61 bits per heavy atom. The second-order valence-corrected chi connectivity index (χ2v) is 5.41. The molecule has 1 fully saturated rings. The highest BCUT2D eigenvalue weighted by Crippen LogP contribution is 2.25. The van der Waals surface area contributed by atoms with E-state index < -0.39 is 22.2 Å². The average Bonchev–Trinajstić information content (AvgIpc) is 2.84. The minimum Gasteiger partial charge on any atom is -0.375 e. The molecule has 1 aliphatic rings. The van der Waals surface area contributed by atoms with Gasteiger partial charge in [0.15, 0.2) is 10.9 Å². The maximum atomic E-state index is 12.3. The van der Waals surface area contributed by atoms with Crippen molar-refractivity contribution in [2.24, 2.45) is 5.14 Å². The summed E-state index contributed by atoms with van der Waals surface area (Å²) >= 11 is 0.